The monoisotopic (exact) mass is 448 g/mol. The first-order valence-corrected chi connectivity index (χ1v) is 10.7. The molecule has 1 N–H and O–H groups in total. The Morgan fingerprint density at radius 1 is 1.06 bits per heavy atom. The number of carbonyl (C=O) groups excluding carboxylic acids is 1. The van der Waals surface area contributed by atoms with Gasteiger partial charge in [0.05, 0.1) is 13.5 Å². The van der Waals surface area contributed by atoms with Crippen molar-refractivity contribution in [2.45, 2.75) is 32.3 Å². The van der Waals surface area contributed by atoms with Crippen molar-refractivity contribution in [3.8, 4) is 11.8 Å². The molecule has 164 valence electrons. The van der Waals surface area contributed by atoms with Gasteiger partial charge in [-0.15, -0.1) is 0 Å². The van der Waals surface area contributed by atoms with E-state index in [-0.39, 0.29) is 12.3 Å². The second kappa shape index (κ2) is 10.7. The van der Waals surface area contributed by atoms with Gasteiger partial charge in [0, 0.05) is 22.0 Å². The van der Waals surface area contributed by atoms with Crippen LogP contribution in [-0.2, 0) is 16.0 Å². The fourth-order valence-corrected chi connectivity index (χ4v) is 3.50. The van der Waals surface area contributed by atoms with E-state index in [1.54, 1.807) is 31.4 Å². The lowest BCUT2D eigenvalue weighted by Crippen LogP contribution is -2.14. The molecule has 6 heteroatoms. The lowest BCUT2D eigenvalue weighted by atomic mass is 9.95. The standard InChI is InChI=1S/C26H25ClN2O3/c1-17(2)24-15-23(31-3)12-7-18(24)14-26(30)32-25(16-28)19-5-4-6-22(13-19)29-21-10-8-20(27)9-11-21/h4-13,15,17,25,29H,14H2,1-3H3. The van der Waals surface area contributed by atoms with E-state index in [9.17, 15) is 10.1 Å². The van der Waals surface area contributed by atoms with Gasteiger partial charge < -0.3 is 14.8 Å². The quantitative estimate of drug-likeness (QED) is 0.395. The summed E-state index contributed by atoms with van der Waals surface area (Å²) in [7, 11) is 1.61. The van der Waals surface area contributed by atoms with Crippen LogP contribution in [0.5, 0.6) is 5.75 Å². The second-order valence-electron chi connectivity index (χ2n) is 7.65. The molecule has 0 saturated heterocycles. The largest absolute Gasteiger partial charge is 0.497 e. The molecule has 1 unspecified atom stereocenters. The number of ether oxygens (including phenoxy) is 2. The molecule has 1 atom stereocenters. The van der Waals surface area contributed by atoms with Crippen LogP contribution in [0.3, 0.4) is 0 Å². The molecule has 0 bridgehead atoms. The van der Waals surface area contributed by atoms with Crippen LogP contribution in [0.15, 0.2) is 66.7 Å². The highest BCUT2D eigenvalue weighted by Crippen LogP contribution is 2.27. The highest BCUT2D eigenvalue weighted by atomic mass is 35.5. The maximum absolute atomic E-state index is 12.7. The van der Waals surface area contributed by atoms with Crippen LogP contribution in [0.1, 0.15) is 42.6 Å². The first-order valence-electron chi connectivity index (χ1n) is 10.3. The number of hydrogen-bond donors (Lipinski definition) is 1. The van der Waals surface area contributed by atoms with E-state index in [1.807, 2.05) is 42.5 Å². The van der Waals surface area contributed by atoms with E-state index in [2.05, 4.69) is 25.2 Å². The van der Waals surface area contributed by atoms with Gasteiger partial charge in [-0.2, -0.15) is 5.26 Å². The van der Waals surface area contributed by atoms with Crippen LogP contribution in [-0.4, -0.2) is 13.1 Å². The predicted octanol–water partition coefficient (Wildman–Crippen LogP) is 6.57. The lowest BCUT2D eigenvalue weighted by molar-refractivity contribution is -0.146. The minimum absolute atomic E-state index is 0.0817. The minimum Gasteiger partial charge on any atom is -0.497 e. The third-order valence-electron chi connectivity index (χ3n) is 5.00. The molecule has 0 aliphatic heterocycles. The molecule has 32 heavy (non-hydrogen) atoms. The number of methoxy groups -OCH3 is 1. The van der Waals surface area contributed by atoms with Gasteiger partial charge in [-0.25, -0.2) is 0 Å². The van der Waals surface area contributed by atoms with Gasteiger partial charge in [0.25, 0.3) is 0 Å². The molecule has 0 spiro atoms. The van der Waals surface area contributed by atoms with Gasteiger partial charge in [-0.05, 0) is 65.6 Å². The van der Waals surface area contributed by atoms with Crippen molar-refractivity contribution >= 4 is 28.9 Å². The molecule has 5 nitrogen and oxygen atoms in total. The number of nitrogens with zero attached hydrogens (tertiary/aromatic N) is 1. The lowest BCUT2D eigenvalue weighted by Gasteiger charge is -2.16. The summed E-state index contributed by atoms with van der Waals surface area (Å²) in [5, 5.41) is 13.5. The molecule has 3 aromatic rings. The molecule has 0 saturated carbocycles. The summed E-state index contributed by atoms with van der Waals surface area (Å²) < 4.78 is 10.8. The van der Waals surface area contributed by atoms with Gasteiger partial charge in [-0.3, -0.25) is 4.79 Å². The van der Waals surface area contributed by atoms with Crippen LogP contribution in [0, 0.1) is 11.3 Å². The predicted molar refractivity (Wildman–Crippen MR) is 126 cm³/mol. The molecule has 0 aliphatic carbocycles. The van der Waals surface area contributed by atoms with Gasteiger partial charge in [0.2, 0.25) is 6.10 Å². The summed E-state index contributed by atoms with van der Waals surface area (Å²) in [5.41, 5.74) is 4.11. The Morgan fingerprint density at radius 2 is 1.81 bits per heavy atom. The number of nitriles is 1. The molecule has 3 aromatic carbocycles. The molecule has 3 rings (SSSR count). The minimum atomic E-state index is -1.00. The molecule has 0 radical (unpaired) electrons. The van der Waals surface area contributed by atoms with Gasteiger partial charge in [0.15, 0.2) is 0 Å². The zero-order valence-corrected chi connectivity index (χ0v) is 19.0. The first-order chi connectivity index (χ1) is 15.4. The molecular weight excluding hydrogens is 424 g/mol. The van der Waals surface area contributed by atoms with Crippen molar-refractivity contribution in [3.05, 3.63) is 88.4 Å². The van der Waals surface area contributed by atoms with Crippen molar-refractivity contribution in [3.63, 3.8) is 0 Å². The fraction of sp³-hybridized carbons (Fsp3) is 0.231. The Labute approximate surface area is 193 Å². The number of carbonyl (C=O) groups is 1. The van der Waals surface area contributed by atoms with Crippen LogP contribution >= 0.6 is 11.6 Å². The van der Waals surface area contributed by atoms with E-state index in [0.29, 0.717) is 10.6 Å². The fourth-order valence-electron chi connectivity index (χ4n) is 3.38. The summed E-state index contributed by atoms with van der Waals surface area (Å²) in [5.74, 6) is 0.501. The normalized spacial score (nSPS) is 11.5. The number of nitrogens with one attached hydrogen (secondary N) is 1. The summed E-state index contributed by atoms with van der Waals surface area (Å²) in [4.78, 5) is 12.7. The van der Waals surface area contributed by atoms with Crippen LogP contribution < -0.4 is 10.1 Å². The molecule has 0 amide bonds. The Morgan fingerprint density at radius 3 is 2.47 bits per heavy atom. The molecule has 0 aliphatic rings. The maximum atomic E-state index is 12.7. The summed E-state index contributed by atoms with van der Waals surface area (Å²) >= 11 is 5.93. The number of esters is 1. The van der Waals surface area contributed by atoms with Crippen LogP contribution in [0.4, 0.5) is 11.4 Å². The van der Waals surface area contributed by atoms with E-state index in [1.165, 1.54) is 0 Å². The van der Waals surface area contributed by atoms with Crippen LogP contribution in [0.25, 0.3) is 0 Å². The number of rotatable bonds is 8. The van der Waals surface area contributed by atoms with Gasteiger partial charge >= 0.3 is 5.97 Å². The van der Waals surface area contributed by atoms with Crippen molar-refractivity contribution < 1.29 is 14.3 Å². The number of halogens is 1. The molecule has 0 heterocycles. The summed E-state index contributed by atoms with van der Waals surface area (Å²) in [6.45, 7) is 4.11. The third kappa shape index (κ3) is 6.03. The maximum Gasteiger partial charge on any atom is 0.311 e. The SMILES string of the molecule is COc1ccc(CC(=O)OC(C#N)c2cccc(Nc3ccc(Cl)cc3)c2)c(C(C)C)c1. The Hall–Kier alpha value is -3.49. The number of anilines is 2. The van der Waals surface area contributed by atoms with E-state index in [4.69, 9.17) is 21.1 Å². The average Bonchev–Trinajstić information content (AvgIpc) is 2.79. The molecule has 0 aromatic heterocycles. The van der Waals surface area contributed by atoms with Gasteiger partial charge in [0.1, 0.15) is 11.8 Å². The van der Waals surface area contributed by atoms with Crippen molar-refractivity contribution in [1.82, 2.24) is 0 Å². The second-order valence-corrected chi connectivity index (χ2v) is 8.09. The Balaban J connectivity index is 1.72. The van der Waals surface area contributed by atoms with Crippen molar-refractivity contribution in [2.75, 3.05) is 12.4 Å². The Kier molecular flexibility index (Phi) is 7.75. The van der Waals surface area contributed by atoms with E-state index >= 15 is 0 Å². The van der Waals surface area contributed by atoms with Crippen LogP contribution in [0.2, 0.25) is 5.02 Å². The third-order valence-corrected chi connectivity index (χ3v) is 5.25. The summed E-state index contributed by atoms with van der Waals surface area (Å²) in [6.07, 6.45) is -0.923. The molecule has 0 fully saturated rings. The van der Waals surface area contributed by atoms with E-state index in [0.717, 1.165) is 28.3 Å². The first kappa shape index (κ1) is 23.2. The number of hydrogen-bond acceptors (Lipinski definition) is 5. The van der Waals surface area contributed by atoms with Crippen molar-refractivity contribution in [2.24, 2.45) is 0 Å². The average molecular weight is 449 g/mol. The summed E-state index contributed by atoms with van der Waals surface area (Å²) in [6, 6.07) is 22.2. The van der Waals surface area contributed by atoms with Crippen molar-refractivity contribution in [1.29, 1.82) is 5.26 Å². The molecular formula is C26H25ClN2O3. The number of benzene rings is 3. The highest BCUT2D eigenvalue weighted by Gasteiger charge is 2.19. The Bertz CT molecular complexity index is 1120. The highest BCUT2D eigenvalue weighted by molar-refractivity contribution is 6.30. The topological polar surface area (TPSA) is 71.3 Å². The van der Waals surface area contributed by atoms with Gasteiger partial charge in [-0.1, -0.05) is 43.6 Å². The smallest absolute Gasteiger partial charge is 0.311 e. The zero-order valence-electron chi connectivity index (χ0n) is 18.3. The zero-order chi connectivity index (χ0) is 23.1. The van der Waals surface area contributed by atoms with E-state index < -0.39 is 12.1 Å².